The first kappa shape index (κ1) is 13.6. The first-order valence-corrected chi connectivity index (χ1v) is 8.75. The Morgan fingerprint density at radius 3 is 1.86 bits per heavy atom. The van der Waals surface area contributed by atoms with Crippen molar-refractivity contribution in [1.82, 2.24) is 10.9 Å². The quantitative estimate of drug-likeness (QED) is 0.768. The third kappa shape index (κ3) is 2.36. The van der Waals surface area contributed by atoms with E-state index in [2.05, 4.69) is 10.9 Å². The number of rotatable bonds is 2. The van der Waals surface area contributed by atoms with Crippen LogP contribution in [0.3, 0.4) is 0 Å². The molecule has 0 aromatic heterocycles. The zero-order valence-electron chi connectivity index (χ0n) is 12.7. The number of nitrogens with one attached hydrogen (secondary N) is 2. The molecule has 5 aliphatic rings. The fraction of sp³-hybridized carbons (Fsp3) is 0.882. The van der Waals surface area contributed by atoms with Gasteiger partial charge in [0.2, 0.25) is 11.8 Å². The maximum absolute atomic E-state index is 12.7. The normalized spacial score (nSPS) is 41.2. The van der Waals surface area contributed by atoms with E-state index in [1.165, 1.54) is 19.3 Å². The first-order valence-electron chi connectivity index (χ1n) is 8.75. The van der Waals surface area contributed by atoms with Gasteiger partial charge in [0.15, 0.2) is 0 Å². The van der Waals surface area contributed by atoms with Gasteiger partial charge in [-0.3, -0.25) is 20.4 Å². The molecule has 5 rings (SSSR count). The number of carbonyl (C=O) groups is 2. The standard InChI is InChI=1S/C17H26N2O2/c20-15(14-3-1-2-4-14)18-19-16(21)17-8-11-5-12(9-17)7-13(6-11)10-17/h11-14H,1-10H2,(H,18,20)(H,19,21). The lowest BCUT2D eigenvalue weighted by atomic mass is 9.49. The average Bonchev–Trinajstić information content (AvgIpc) is 2.97. The highest BCUT2D eigenvalue weighted by Gasteiger charge is 2.54. The highest BCUT2D eigenvalue weighted by Crippen LogP contribution is 2.60. The minimum absolute atomic E-state index is 0.0191. The molecule has 0 aliphatic heterocycles. The second-order valence-corrected chi connectivity index (χ2v) is 8.12. The molecule has 0 aromatic carbocycles. The van der Waals surface area contributed by atoms with Gasteiger partial charge in [-0.2, -0.15) is 0 Å². The smallest absolute Gasteiger partial charge is 0.244 e. The van der Waals surface area contributed by atoms with Crippen LogP contribution >= 0.6 is 0 Å². The lowest BCUT2D eigenvalue weighted by molar-refractivity contribution is -0.149. The van der Waals surface area contributed by atoms with Gasteiger partial charge in [-0.15, -0.1) is 0 Å². The van der Waals surface area contributed by atoms with E-state index in [9.17, 15) is 9.59 Å². The molecule has 2 amide bonds. The molecule has 21 heavy (non-hydrogen) atoms. The van der Waals surface area contributed by atoms with Crippen LogP contribution in [0.25, 0.3) is 0 Å². The molecule has 5 aliphatic carbocycles. The number of amides is 2. The minimum atomic E-state index is -0.169. The van der Waals surface area contributed by atoms with E-state index in [-0.39, 0.29) is 23.1 Å². The van der Waals surface area contributed by atoms with Crippen LogP contribution in [-0.2, 0) is 9.59 Å². The highest BCUT2D eigenvalue weighted by atomic mass is 16.2. The second-order valence-electron chi connectivity index (χ2n) is 8.12. The van der Waals surface area contributed by atoms with E-state index in [0.717, 1.165) is 62.7 Å². The van der Waals surface area contributed by atoms with Crippen LogP contribution in [0, 0.1) is 29.1 Å². The van der Waals surface area contributed by atoms with Crippen molar-refractivity contribution >= 4 is 11.8 Å². The molecule has 4 nitrogen and oxygen atoms in total. The maximum atomic E-state index is 12.7. The molecule has 0 aromatic rings. The third-order valence-electron chi connectivity index (χ3n) is 6.55. The SMILES string of the molecule is O=C(NNC(=O)C12CC3CC(CC(C3)C1)C2)C1CCCC1. The average molecular weight is 290 g/mol. The van der Waals surface area contributed by atoms with Crippen LogP contribution in [0.2, 0.25) is 0 Å². The van der Waals surface area contributed by atoms with Crippen molar-refractivity contribution in [3.63, 3.8) is 0 Å². The van der Waals surface area contributed by atoms with Gasteiger partial charge in [0.25, 0.3) is 0 Å². The van der Waals surface area contributed by atoms with Gasteiger partial charge in [-0.25, -0.2) is 0 Å². The van der Waals surface area contributed by atoms with Gasteiger partial charge < -0.3 is 0 Å². The van der Waals surface area contributed by atoms with Gasteiger partial charge in [0, 0.05) is 5.92 Å². The molecule has 4 bridgehead atoms. The van der Waals surface area contributed by atoms with Crippen molar-refractivity contribution in [2.45, 2.75) is 64.2 Å². The van der Waals surface area contributed by atoms with Crippen LogP contribution in [-0.4, -0.2) is 11.8 Å². The summed E-state index contributed by atoms with van der Waals surface area (Å²) in [7, 11) is 0. The van der Waals surface area contributed by atoms with Crippen molar-refractivity contribution < 1.29 is 9.59 Å². The Hall–Kier alpha value is -1.06. The zero-order valence-corrected chi connectivity index (χ0v) is 12.7. The second kappa shape index (κ2) is 4.99. The van der Waals surface area contributed by atoms with Gasteiger partial charge in [-0.1, -0.05) is 12.8 Å². The summed E-state index contributed by atoms with van der Waals surface area (Å²) >= 11 is 0. The fourth-order valence-corrected chi connectivity index (χ4v) is 5.93. The number of hydrazine groups is 1. The fourth-order valence-electron chi connectivity index (χ4n) is 5.93. The molecule has 0 saturated heterocycles. The van der Waals surface area contributed by atoms with E-state index >= 15 is 0 Å². The van der Waals surface area contributed by atoms with Crippen LogP contribution in [0.5, 0.6) is 0 Å². The molecule has 0 spiro atoms. The van der Waals surface area contributed by atoms with Gasteiger partial charge >= 0.3 is 0 Å². The van der Waals surface area contributed by atoms with Gasteiger partial charge in [0.1, 0.15) is 0 Å². The molecular formula is C17H26N2O2. The number of carbonyl (C=O) groups excluding carboxylic acids is 2. The molecule has 4 heteroatoms. The molecule has 2 N–H and O–H groups in total. The molecule has 0 heterocycles. The zero-order chi connectivity index (χ0) is 14.4. The molecule has 0 unspecified atom stereocenters. The Balaban J connectivity index is 1.37. The third-order valence-corrected chi connectivity index (χ3v) is 6.55. The summed E-state index contributed by atoms with van der Waals surface area (Å²) in [6.07, 6.45) is 11.4. The van der Waals surface area contributed by atoms with E-state index in [1.54, 1.807) is 0 Å². The first-order chi connectivity index (χ1) is 10.1. The summed E-state index contributed by atoms with van der Waals surface area (Å²) < 4.78 is 0. The van der Waals surface area contributed by atoms with Gasteiger partial charge in [0.05, 0.1) is 5.41 Å². The Morgan fingerprint density at radius 1 is 0.810 bits per heavy atom. The Labute approximate surface area is 126 Å². The molecule has 5 fully saturated rings. The summed E-state index contributed by atoms with van der Waals surface area (Å²) in [6, 6.07) is 0. The van der Waals surface area contributed by atoms with E-state index < -0.39 is 0 Å². The number of hydrogen-bond acceptors (Lipinski definition) is 2. The summed E-state index contributed by atoms with van der Waals surface area (Å²) in [4.78, 5) is 24.7. The van der Waals surface area contributed by atoms with Crippen molar-refractivity contribution in [3.8, 4) is 0 Å². The number of hydrogen-bond donors (Lipinski definition) is 2. The lowest BCUT2D eigenvalue weighted by Gasteiger charge is -2.55. The predicted octanol–water partition coefficient (Wildman–Crippen LogP) is 2.54. The molecule has 5 saturated carbocycles. The van der Waals surface area contributed by atoms with Gasteiger partial charge in [-0.05, 0) is 69.1 Å². The van der Waals surface area contributed by atoms with E-state index in [4.69, 9.17) is 0 Å². The highest BCUT2D eigenvalue weighted by molar-refractivity contribution is 5.87. The topological polar surface area (TPSA) is 58.2 Å². The Kier molecular flexibility index (Phi) is 3.23. The molecule has 116 valence electrons. The molecule has 0 radical (unpaired) electrons. The van der Waals surface area contributed by atoms with E-state index in [1.807, 2.05) is 0 Å². The Morgan fingerprint density at radius 2 is 1.33 bits per heavy atom. The summed E-state index contributed by atoms with van der Waals surface area (Å²) in [5.41, 5.74) is 5.32. The predicted molar refractivity (Wildman–Crippen MR) is 78.8 cm³/mol. The van der Waals surface area contributed by atoms with Crippen molar-refractivity contribution in [1.29, 1.82) is 0 Å². The monoisotopic (exact) mass is 290 g/mol. The summed E-state index contributed by atoms with van der Waals surface area (Å²) in [5, 5.41) is 0. The minimum Gasteiger partial charge on any atom is -0.273 e. The van der Waals surface area contributed by atoms with Crippen LogP contribution in [0.15, 0.2) is 0 Å². The van der Waals surface area contributed by atoms with Crippen molar-refractivity contribution in [3.05, 3.63) is 0 Å². The molecular weight excluding hydrogens is 264 g/mol. The lowest BCUT2D eigenvalue weighted by Crippen LogP contribution is -2.57. The van der Waals surface area contributed by atoms with Crippen LogP contribution < -0.4 is 10.9 Å². The van der Waals surface area contributed by atoms with E-state index in [0.29, 0.717) is 0 Å². The Bertz CT molecular complexity index is 418. The van der Waals surface area contributed by atoms with Crippen molar-refractivity contribution in [2.24, 2.45) is 29.1 Å². The van der Waals surface area contributed by atoms with Crippen molar-refractivity contribution in [2.75, 3.05) is 0 Å². The maximum Gasteiger partial charge on any atom is 0.244 e. The van der Waals surface area contributed by atoms with Crippen LogP contribution in [0.4, 0.5) is 0 Å². The molecule has 0 atom stereocenters. The summed E-state index contributed by atoms with van der Waals surface area (Å²) in [6.45, 7) is 0. The van der Waals surface area contributed by atoms with Crippen LogP contribution in [0.1, 0.15) is 64.2 Å². The summed E-state index contributed by atoms with van der Waals surface area (Å²) in [5.74, 6) is 2.49. The largest absolute Gasteiger partial charge is 0.273 e.